The first-order valence-corrected chi connectivity index (χ1v) is 7.58. The summed E-state index contributed by atoms with van der Waals surface area (Å²) in [5.41, 5.74) is 2.44. The SMILES string of the molecule is COc1cc(/C=N/NC(=O)COc2ccc([N+](=O)[O-])cc2)c(O)c(OC)c1. The second-order valence-electron chi connectivity index (χ2n) is 5.10. The van der Waals surface area contributed by atoms with E-state index in [-0.39, 0.29) is 29.4 Å². The second-order valence-corrected chi connectivity index (χ2v) is 5.10. The Morgan fingerprint density at radius 1 is 1.22 bits per heavy atom. The van der Waals surface area contributed by atoms with Gasteiger partial charge >= 0.3 is 0 Å². The molecule has 0 spiro atoms. The number of hydrazone groups is 1. The lowest BCUT2D eigenvalue weighted by molar-refractivity contribution is -0.384. The Bertz CT molecular complexity index is 850. The molecule has 0 fully saturated rings. The van der Waals surface area contributed by atoms with Crippen LogP contribution in [0.25, 0.3) is 0 Å². The summed E-state index contributed by atoms with van der Waals surface area (Å²) >= 11 is 0. The van der Waals surface area contributed by atoms with Gasteiger partial charge < -0.3 is 19.3 Å². The van der Waals surface area contributed by atoms with Crippen LogP contribution in [0.2, 0.25) is 0 Å². The van der Waals surface area contributed by atoms with Crippen LogP contribution in [0.5, 0.6) is 23.0 Å². The molecule has 0 unspecified atom stereocenters. The van der Waals surface area contributed by atoms with Crippen LogP contribution in [0.3, 0.4) is 0 Å². The van der Waals surface area contributed by atoms with E-state index in [1.807, 2.05) is 0 Å². The average Bonchev–Trinajstić information content (AvgIpc) is 2.68. The number of aromatic hydroxyl groups is 1. The fraction of sp³-hybridized carbons (Fsp3) is 0.176. The van der Waals surface area contributed by atoms with Crippen LogP contribution in [0.1, 0.15) is 5.56 Å². The number of non-ortho nitro benzene ring substituents is 1. The lowest BCUT2D eigenvalue weighted by Crippen LogP contribution is -2.24. The summed E-state index contributed by atoms with van der Waals surface area (Å²) in [5.74, 6) is 0.231. The largest absolute Gasteiger partial charge is 0.504 e. The van der Waals surface area contributed by atoms with Crippen molar-refractivity contribution in [3.05, 3.63) is 52.1 Å². The van der Waals surface area contributed by atoms with Gasteiger partial charge in [0.05, 0.1) is 25.4 Å². The summed E-state index contributed by atoms with van der Waals surface area (Å²) in [7, 11) is 2.86. The van der Waals surface area contributed by atoms with Gasteiger partial charge in [-0.2, -0.15) is 5.10 Å². The van der Waals surface area contributed by atoms with Gasteiger partial charge in [-0.15, -0.1) is 0 Å². The van der Waals surface area contributed by atoms with Crippen LogP contribution in [-0.4, -0.2) is 43.0 Å². The maximum absolute atomic E-state index is 11.7. The topological polar surface area (TPSA) is 133 Å². The highest BCUT2D eigenvalue weighted by molar-refractivity contribution is 5.87. The zero-order valence-electron chi connectivity index (χ0n) is 14.5. The molecule has 1 amide bonds. The van der Waals surface area contributed by atoms with Crippen molar-refractivity contribution in [1.29, 1.82) is 0 Å². The molecule has 0 aliphatic carbocycles. The standard InChI is InChI=1S/C17H17N3O7/c1-25-14-7-11(17(22)15(8-14)26-2)9-18-19-16(21)10-27-13-5-3-12(4-6-13)20(23)24/h3-9,22H,10H2,1-2H3,(H,19,21)/b18-9+. The molecule has 2 aromatic rings. The van der Waals surface area contributed by atoms with E-state index < -0.39 is 10.8 Å². The van der Waals surface area contributed by atoms with Gasteiger partial charge in [0.2, 0.25) is 0 Å². The first-order valence-electron chi connectivity index (χ1n) is 7.58. The minimum Gasteiger partial charge on any atom is -0.504 e. The minimum atomic E-state index is -0.557. The van der Waals surface area contributed by atoms with Crippen molar-refractivity contribution >= 4 is 17.8 Å². The lowest BCUT2D eigenvalue weighted by atomic mass is 10.2. The average molecular weight is 375 g/mol. The third-order valence-corrected chi connectivity index (χ3v) is 3.34. The zero-order valence-corrected chi connectivity index (χ0v) is 14.5. The molecular weight excluding hydrogens is 358 g/mol. The van der Waals surface area contributed by atoms with Crippen molar-refractivity contribution in [2.75, 3.05) is 20.8 Å². The number of ether oxygens (including phenoxy) is 3. The van der Waals surface area contributed by atoms with E-state index in [0.717, 1.165) is 0 Å². The smallest absolute Gasteiger partial charge is 0.277 e. The number of carbonyl (C=O) groups is 1. The number of nitrogens with zero attached hydrogens (tertiary/aromatic N) is 2. The highest BCUT2D eigenvalue weighted by Gasteiger charge is 2.10. The Morgan fingerprint density at radius 3 is 2.52 bits per heavy atom. The van der Waals surface area contributed by atoms with Gasteiger partial charge in [0.25, 0.3) is 11.6 Å². The van der Waals surface area contributed by atoms with E-state index in [0.29, 0.717) is 11.5 Å². The molecule has 0 saturated carbocycles. The quantitative estimate of drug-likeness (QED) is 0.409. The number of nitro groups is 1. The summed E-state index contributed by atoms with van der Waals surface area (Å²) in [6, 6.07) is 8.32. The van der Waals surface area contributed by atoms with Crippen LogP contribution in [0, 0.1) is 10.1 Å². The van der Waals surface area contributed by atoms with Gasteiger partial charge in [-0.3, -0.25) is 14.9 Å². The minimum absolute atomic E-state index is 0.0788. The molecular formula is C17H17N3O7. The maximum atomic E-state index is 11.7. The Labute approximate surface area is 154 Å². The second kappa shape index (κ2) is 9.04. The fourth-order valence-electron chi connectivity index (χ4n) is 1.99. The molecule has 0 aliphatic rings. The molecule has 10 nitrogen and oxygen atoms in total. The van der Waals surface area contributed by atoms with E-state index in [9.17, 15) is 20.0 Å². The summed E-state index contributed by atoms with van der Waals surface area (Å²) in [6.45, 7) is -0.345. The van der Waals surface area contributed by atoms with Crippen molar-refractivity contribution in [2.24, 2.45) is 5.10 Å². The van der Waals surface area contributed by atoms with Crippen molar-refractivity contribution in [3.63, 3.8) is 0 Å². The molecule has 10 heteroatoms. The number of nitrogens with one attached hydrogen (secondary N) is 1. The number of carbonyl (C=O) groups excluding carboxylic acids is 1. The maximum Gasteiger partial charge on any atom is 0.277 e. The fourth-order valence-corrected chi connectivity index (χ4v) is 1.99. The van der Waals surface area contributed by atoms with Crippen LogP contribution >= 0.6 is 0 Å². The number of hydrogen-bond acceptors (Lipinski definition) is 8. The molecule has 2 aromatic carbocycles. The van der Waals surface area contributed by atoms with Crippen molar-refractivity contribution < 1.29 is 29.0 Å². The highest BCUT2D eigenvalue weighted by atomic mass is 16.6. The summed E-state index contributed by atoms with van der Waals surface area (Å²) in [4.78, 5) is 21.8. The van der Waals surface area contributed by atoms with Crippen molar-refractivity contribution in [2.45, 2.75) is 0 Å². The molecule has 0 atom stereocenters. The molecule has 0 bridgehead atoms. The number of phenols is 1. The number of phenolic OH excluding ortho intramolecular Hbond substituents is 1. The number of methoxy groups -OCH3 is 2. The summed E-state index contributed by atoms with van der Waals surface area (Å²) in [6.07, 6.45) is 1.23. The Hall–Kier alpha value is -3.82. The van der Waals surface area contributed by atoms with Gasteiger partial charge in [-0.05, 0) is 18.2 Å². The van der Waals surface area contributed by atoms with Crippen molar-refractivity contribution in [1.82, 2.24) is 5.43 Å². The van der Waals surface area contributed by atoms with Crippen LogP contribution in [0.4, 0.5) is 5.69 Å². The number of nitro benzene ring substituents is 1. The molecule has 0 radical (unpaired) electrons. The van der Waals surface area contributed by atoms with E-state index in [1.54, 1.807) is 0 Å². The van der Waals surface area contributed by atoms with E-state index >= 15 is 0 Å². The monoisotopic (exact) mass is 375 g/mol. The number of hydrogen-bond donors (Lipinski definition) is 2. The number of amides is 1. The summed E-state index contributed by atoms with van der Waals surface area (Å²) in [5, 5.41) is 24.3. The molecule has 0 aliphatic heterocycles. The third-order valence-electron chi connectivity index (χ3n) is 3.34. The molecule has 2 N–H and O–H groups in total. The molecule has 0 heterocycles. The molecule has 27 heavy (non-hydrogen) atoms. The third kappa shape index (κ3) is 5.33. The van der Waals surface area contributed by atoms with Crippen LogP contribution in [0.15, 0.2) is 41.5 Å². The first kappa shape index (κ1) is 19.5. The highest BCUT2D eigenvalue weighted by Crippen LogP contribution is 2.33. The van der Waals surface area contributed by atoms with E-state index in [4.69, 9.17) is 14.2 Å². The predicted octanol–water partition coefficient (Wildman–Crippen LogP) is 1.85. The Kier molecular flexibility index (Phi) is 6.53. The van der Waals surface area contributed by atoms with Gasteiger partial charge in [0.1, 0.15) is 11.5 Å². The number of rotatable bonds is 8. The van der Waals surface area contributed by atoms with Gasteiger partial charge in [0, 0.05) is 23.8 Å². The lowest BCUT2D eigenvalue weighted by Gasteiger charge is -2.09. The molecule has 142 valence electrons. The number of benzene rings is 2. The zero-order chi connectivity index (χ0) is 19.8. The molecule has 0 saturated heterocycles. The molecule has 2 rings (SSSR count). The summed E-state index contributed by atoms with van der Waals surface area (Å²) < 4.78 is 15.3. The first-order chi connectivity index (χ1) is 12.9. The van der Waals surface area contributed by atoms with Gasteiger partial charge in [-0.25, -0.2) is 5.43 Å². The van der Waals surface area contributed by atoms with E-state index in [1.165, 1.54) is 56.8 Å². The Morgan fingerprint density at radius 2 is 1.93 bits per heavy atom. The Balaban J connectivity index is 1.92. The van der Waals surface area contributed by atoms with Gasteiger partial charge in [-0.1, -0.05) is 0 Å². The predicted molar refractivity (Wildman–Crippen MR) is 95.5 cm³/mol. The van der Waals surface area contributed by atoms with Crippen molar-refractivity contribution in [3.8, 4) is 23.0 Å². The van der Waals surface area contributed by atoms with Gasteiger partial charge in [0.15, 0.2) is 18.1 Å². The van der Waals surface area contributed by atoms with E-state index in [2.05, 4.69) is 10.5 Å². The van der Waals surface area contributed by atoms with Crippen LogP contribution < -0.4 is 19.6 Å². The molecule has 0 aromatic heterocycles. The van der Waals surface area contributed by atoms with Crippen LogP contribution in [-0.2, 0) is 4.79 Å². The normalized spacial score (nSPS) is 10.4.